The second kappa shape index (κ2) is 6.29. The van der Waals surface area contributed by atoms with E-state index in [9.17, 15) is 4.79 Å². The number of aryl methyl sites for hydroxylation is 1. The molecule has 1 aliphatic rings. The van der Waals surface area contributed by atoms with Gasteiger partial charge in [-0.05, 0) is 19.1 Å². The number of nitrogens with zero attached hydrogens (tertiary/aromatic N) is 4. The van der Waals surface area contributed by atoms with E-state index in [4.69, 9.17) is 12.2 Å². The highest BCUT2D eigenvalue weighted by Crippen LogP contribution is 2.20. The van der Waals surface area contributed by atoms with Crippen molar-refractivity contribution in [2.75, 3.05) is 6.54 Å². The van der Waals surface area contributed by atoms with Crippen LogP contribution in [0, 0.1) is 11.7 Å². The highest BCUT2D eigenvalue weighted by atomic mass is 32.1. The Labute approximate surface area is 149 Å². The summed E-state index contributed by atoms with van der Waals surface area (Å²) in [6, 6.07) is 8.01. The maximum Gasteiger partial charge on any atom is 0.242 e. The van der Waals surface area contributed by atoms with Crippen molar-refractivity contribution < 1.29 is 4.79 Å². The lowest BCUT2D eigenvalue weighted by Gasteiger charge is -2.26. The molecule has 8 heteroatoms. The molecule has 3 heterocycles. The number of H-pyrrole nitrogens is 2. The van der Waals surface area contributed by atoms with Crippen LogP contribution in [0.1, 0.15) is 16.8 Å². The molecule has 2 N–H and O–H groups in total. The summed E-state index contributed by atoms with van der Waals surface area (Å²) in [6.45, 7) is 3.46. The second-order valence-corrected chi connectivity index (χ2v) is 6.63. The number of amides is 1. The van der Waals surface area contributed by atoms with Crippen LogP contribution in [0.3, 0.4) is 0 Å². The lowest BCUT2D eigenvalue weighted by molar-refractivity contribution is -0.132. The molecule has 0 saturated heterocycles. The van der Waals surface area contributed by atoms with Crippen LogP contribution in [-0.2, 0) is 24.3 Å². The summed E-state index contributed by atoms with van der Waals surface area (Å²) in [5, 5.41) is 14.1. The van der Waals surface area contributed by atoms with E-state index in [1.54, 1.807) is 10.8 Å². The van der Waals surface area contributed by atoms with Crippen molar-refractivity contribution >= 4 is 18.1 Å². The number of hydrogen-bond acceptors (Lipinski definition) is 4. The average molecular weight is 354 g/mol. The standard InChI is InChI=1S/C17H18N6OS/c1-11-2-4-12(5-3-11)16-20-21-17(25)23(16)10-15(24)22-7-6-14-13(9-22)8-18-19-14/h2-5,8H,6-7,9-10H2,1H3,(H,18,19)(H,21,25). The number of nitrogens with one attached hydrogen (secondary N) is 2. The molecule has 0 spiro atoms. The lowest BCUT2D eigenvalue weighted by atomic mass is 10.1. The van der Waals surface area contributed by atoms with Crippen LogP contribution < -0.4 is 0 Å². The van der Waals surface area contributed by atoms with Crippen LogP contribution in [0.15, 0.2) is 30.5 Å². The summed E-state index contributed by atoms with van der Waals surface area (Å²) < 4.78 is 2.21. The minimum absolute atomic E-state index is 0.0257. The molecule has 4 rings (SSSR count). The van der Waals surface area contributed by atoms with Crippen LogP contribution >= 0.6 is 12.2 Å². The number of rotatable bonds is 3. The highest BCUT2D eigenvalue weighted by molar-refractivity contribution is 7.71. The molecule has 128 valence electrons. The second-order valence-electron chi connectivity index (χ2n) is 6.24. The minimum atomic E-state index is 0.0257. The van der Waals surface area contributed by atoms with E-state index in [-0.39, 0.29) is 12.5 Å². The van der Waals surface area contributed by atoms with Crippen LogP contribution in [0.2, 0.25) is 0 Å². The van der Waals surface area contributed by atoms with Crippen LogP contribution in [-0.4, -0.2) is 42.3 Å². The summed E-state index contributed by atoms with van der Waals surface area (Å²) in [7, 11) is 0. The number of aromatic nitrogens is 5. The normalized spacial score (nSPS) is 13.7. The van der Waals surface area contributed by atoms with E-state index in [1.165, 1.54) is 5.56 Å². The molecule has 0 atom stereocenters. The molecule has 0 bridgehead atoms. The van der Waals surface area contributed by atoms with Gasteiger partial charge in [-0.15, -0.1) is 0 Å². The summed E-state index contributed by atoms with van der Waals surface area (Å²) in [4.78, 5) is 14.6. The predicted octanol–water partition coefficient (Wildman–Crippen LogP) is 2.22. The fourth-order valence-electron chi connectivity index (χ4n) is 3.06. The van der Waals surface area contributed by atoms with Gasteiger partial charge in [-0.1, -0.05) is 29.8 Å². The van der Waals surface area contributed by atoms with E-state index in [0.29, 0.717) is 23.7 Å². The van der Waals surface area contributed by atoms with E-state index in [0.717, 1.165) is 23.2 Å². The fraction of sp³-hybridized carbons (Fsp3) is 0.294. The molecule has 1 aliphatic heterocycles. The Kier molecular flexibility index (Phi) is 3.96. The minimum Gasteiger partial charge on any atom is -0.336 e. The zero-order chi connectivity index (χ0) is 17.4. The quantitative estimate of drug-likeness (QED) is 0.707. The summed E-state index contributed by atoms with van der Waals surface area (Å²) in [5.74, 6) is 0.706. The van der Waals surface area contributed by atoms with Crippen molar-refractivity contribution in [1.82, 2.24) is 29.9 Å². The number of hydrogen-bond donors (Lipinski definition) is 2. The van der Waals surface area contributed by atoms with Gasteiger partial charge in [-0.3, -0.25) is 19.6 Å². The third kappa shape index (κ3) is 3.00. The fourth-order valence-corrected chi connectivity index (χ4v) is 3.25. The van der Waals surface area contributed by atoms with Gasteiger partial charge in [0.25, 0.3) is 0 Å². The first-order valence-corrected chi connectivity index (χ1v) is 8.54. The number of aromatic amines is 2. The predicted molar refractivity (Wildman–Crippen MR) is 95.3 cm³/mol. The number of carbonyl (C=O) groups excluding carboxylic acids is 1. The molecule has 0 radical (unpaired) electrons. The zero-order valence-electron chi connectivity index (χ0n) is 13.8. The van der Waals surface area contributed by atoms with Gasteiger partial charge in [0.05, 0.1) is 6.20 Å². The van der Waals surface area contributed by atoms with Crippen molar-refractivity contribution in [2.45, 2.75) is 26.4 Å². The van der Waals surface area contributed by atoms with Crippen molar-refractivity contribution in [1.29, 1.82) is 0 Å². The Bertz CT molecular complexity index is 968. The molecule has 1 aromatic carbocycles. The first-order valence-electron chi connectivity index (χ1n) is 8.13. The third-order valence-electron chi connectivity index (χ3n) is 4.51. The molecular formula is C17H18N6OS. The summed E-state index contributed by atoms with van der Waals surface area (Å²) in [6.07, 6.45) is 2.58. The topological polar surface area (TPSA) is 82.6 Å². The van der Waals surface area contributed by atoms with Crippen LogP contribution in [0.25, 0.3) is 11.4 Å². The Hall–Kier alpha value is -2.74. The van der Waals surface area contributed by atoms with E-state index in [1.807, 2.05) is 36.1 Å². The molecule has 2 aromatic heterocycles. The number of carbonyl (C=O) groups is 1. The van der Waals surface area contributed by atoms with Crippen LogP contribution in [0.4, 0.5) is 0 Å². The average Bonchev–Trinajstić information content (AvgIpc) is 3.22. The third-order valence-corrected chi connectivity index (χ3v) is 4.83. The maximum absolute atomic E-state index is 12.8. The zero-order valence-corrected chi connectivity index (χ0v) is 14.6. The Morgan fingerprint density at radius 1 is 1.28 bits per heavy atom. The SMILES string of the molecule is Cc1ccc(-c2n[nH]c(=S)n2CC(=O)N2CCc3[nH]ncc3C2)cc1. The van der Waals surface area contributed by atoms with Gasteiger partial charge < -0.3 is 4.90 Å². The van der Waals surface area contributed by atoms with Gasteiger partial charge in [0.2, 0.25) is 5.91 Å². The first kappa shape index (κ1) is 15.8. The number of fused-ring (bicyclic) bond motifs is 1. The van der Waals surface area contributed by atoms with Crippen molar-refractivity contribution in [3.63, 3.8) is 0 Å². The van der Waals surface area contributed by atoms with E-state index >= 15 is 0 Å². The van der Waals surface area contributed by atoms with Gasteiger partial charge in [0.1, 0.15) is 6.54 Å². The maximum atomic E-state index is 12.8. The van der Waals surface area contributed by atoms with E-state index in [2.05, 4.69) is 20.4 Å². The van der Waals surface area contributed by atoms with Crippen molar-refractivity contribution in [3.8, 4) is 11.4 Å². The highest BCUT2D eigenvalue weighted by Gasteiger charge is 2.23. The summed E-state index contributed by atoms with van der Waals surface area (Å²) >= 11 is 5.33. The van der Waals surface area contributed by atoms with Gasteiger partial charge in [0.15, 0.2) is 10.6 Å². The number of benzene rings is 1. The molecular weight excluding hydrogens is 336 g/mol. The van der Waals surface area contributed by atoms with Crippen molar-refractivity contribution in [3.05, 3.63) is 52.1 Å². The van der Waals surface area contributed by atoms with Crippen molar-refractivity contribution in [2.24, 2.45) is 0 Å². The molecule has 7 nitrogen and oxygen atoms in total. The van der Waals surface area contributed by atoms with E-state index < -0.39 is 0 Å². The molecule has 0 unspecified atom stereocenters. The largest absolute Gasteiger partial charge is 0.336 e. The lowest BCUT2D eigenvalue weighted by Crippen LogP contribution is -2.37. The molecule has 0 fully saturated rings. The Morgan fingerprint density at radius 2 is 2.08 bits per heavy atom. The van der Waals surface area contributed by atoms with Gasteiger partial charge in [-0.25, -0.2) is 0 Å². The molecule has 1 amide bonds. The monoisotopic (exact) mass is 354 g/mol. The van der Waals surface area contributed by atoms with Crippen LogP contribution in [0.5, 0.6) is 0 Å². The Balaban J connectivity index is 1.57. The molecule has 3 aromatic rings. The van der Waals surface area contributed by atoms with Gasteiger partial charge >= 0.3 is 0 Å². The molecule has 0 saturated carbocycles. The van der Waals surface area contributed by atoms with Gasteiger partial charge in [0, 0.05) is 36.3 Å². The molecule has 25 heavy (non-hydrogen) atoms. The molecule has 0 aliphatic carbocycles. The first-order chi connectivity index (χ1) is 12.1. The summed E-state index contributed by atoms with van der Waals surface area (Å²) in [5.41, 5.74) is 4.30. The Morgan fingerprint density at radius 3 is 2.88 bits per heavy atom. The van der Waals surface area contributed by atoms with Gasteiger partial charge in [-0.2, -0.15) is 10.2 Å². The smallest absolute Gasteiger partial charge is 0.242 e.